The van der Waals surface area contributed by atoms with E-state index in [0.29, 0.717) is 13.0 Å². The van der Waals surface area contributed by atoms with Crippen LogP contribution >= 0.6 is 0 Å². The molecule has 138 valence electrons. The Kier molecular flexibility index (Phi) is 4.58. The Labute approximate surface area is 157 Å². The molecule has 1 amide bonds. The molecule has 0 aliphatic heterocycles. The smallest absolute Gasteiger partial charge is 0.243 e. The zero-order chi connectivity index (χ0) is 18.8. The Morgan fingerprint density at radius 3 is 2.89 bits per heavy atom. The summed E-state index contributed by atoms with van der Waals surface area (Å²) in [6.45, 7) is 4.48. The van der Waals surface area contributed by atoms with Crippen LogP contribution in [0.4, 0.5) is 0 Å². The van der Waals surface area contributed by atoms with E-state index in [2.05, 4.69) is 26.9 Å². The molecule has 4 aromatic rings. The number of aryl methyl sites for hydroxylation is 1. The van der Waals surface area contributed by atoms with Crippen molar-refractivity contribution >= 4 is 22.6 Å². The summed E-state index contributed by atoms with van der Waals surface area (Å²) in [6, 6.07) is 9.48. The molecule has 3 heterocycles. The molecule has 0 aliphatic rings. The van der Waals surface area contributed by atoms with Crippen molar-refractivity contribution in [3.63, 3.8) is 0 Å². The van der Waals surface area contributed by atoms with E-state index < -0.39 is 0 Å². The van der Waals surface area contributed by atoms with E-state index in [1.165, 1.54) is 0 Å². The van der Waals surface area contributed by atoms with Crippen molar-refractivity contribution < 1.29 is 4.79 Å². The average Bonchev–Trinajstić information content (AvgIpc) is 3.28. The van der Waals surface area contributed by atoms with E-state index in [9.17, 15) is 4.79 Å². The number of para-hydroxylation sites is 2. The molecule has 0 aliphatic carbocycles. The maximum atomic E-state index is 13.0. The molecule has 0 fully saturated rings. The van der Waals surface area contributed by atoms with Gasteiger partial charge in [0.05, 0.1) is 17.2 Å². The number of hydrogen-bond donors (Lipinski definition) is 1. The summed E-state index contributed by atoms with van der Waals surface area (Å²) in [5.74, 6) is 0.904. The summed E-state index contributed by atoms with van der Waals surface area (Å²) in [4.78, 5) is 22.0. The Morgan fingerprint density at radius 1 is 1.22 bits per heavy atom. The van der Waals surface area contributed by atoms with Crippen molar-refractivity contribution in [2.75, 3.05) is 0 Å². The molecule has 0 bridgehead atoms. The van der Waals surface area contributed by atoms with Crippen molar-refractivity contribution in [2.24, 2.45) is 0 Å². The first-order valence-electron chi connectivity index (χ1n) is 9.23. The highest BCUT2D eigenvalue weighted by Crippen LogP contribution is 2.24. The molecule has 0 saturated heterocycles. The normalized spacial score (nSPS) is 12.5. The van der Waals surface area contributed by atoms with Gasteiger partial charge in [0.1, 0.15) is 11.9 Å². The van der Waals surface area contributed by atoms with Gasteiger partial charge < -0.3 is 9.88 Å². The molecule has 1 atom stereocenters. The van der Waals surface area contributed by atoms with Gasteiger partial charge in [0.25, 0.3) is 0 Å². The molecule has 27 heavy (non-hydrogen) atoms. The molecule has 1 unspecified atom stereocenters. The number of nitrogens with zero attached hydrogens (tertiary/aromatic N) is 5. The van der Waals surface area contributed by atoms with Crippen molar-refractivity contribution in [1.82, 2.24) is 29.5 Å². The summed E-state index contributed by atoms with van der Waals surface area (Å²) in [6.07, 6.45) is 6.77. The van der Waals surface area contributed by atoms with Gasteiger partial charge in [-0.05, 0) is 24.6 Å². The fraction of sp³-hybridized carbons (Fsp3) is 0.300. The van der Waals surface area contributed by atoms with Crippen LogP contribution < -0.4 is 5.32 Å². The minimum Gasteiger partial charge on any atom is -0.350 e. The largest absolute Gasteiger partial charge is 0.350 e. The fourth-order valence-corrected chi connectivity index (χ4v) is 3.48. The SMILES string of the molecule is CCc1nc2ccccc2n1C(CC)C(=O)NCc1cnn2cccnc12. The molecule has 3 aromatic heterocycles. The van der Waals surface area contributed by atoms with E-state index in [4.69, 9.17) is 4.98 Å². The minimum atomic E-state index is -0.304. The third-order valence-electron chi connectivity index (χ3n) is 4.79. The Morgan fingerprint density at radius 2 is 2.07 bits per heavy atom. The maximum absolute atomic E-state index is 13.0. The van der Waals surface area contributed by atoms with Gasteiger partial charge in [-0.1, -0.05) is 26.0 Å². The lowest BCUT2D eigenvalue weighted by Gasteiger charge is -2.19. The summed E-state index contributed by atoms with van der Waals surface area (Å²) >= 11 is 0. The molecule has 4 rings (SSSR count). The Hall–Kier alpha value is -3.22. The molecule has 0 radical (unpaired) electrons. The number of nitrogens with one attached hydrogen (secondary N) is 1. The second kappa shape index (κ2) is 7.19. The van der Waals surface area contributed by atoms with Gasteiger partial charge in [0, 0.05) is 30.9 Å². The molecule has 1 N–H and O–H groups in total. The average molecular weight is 362 g/mol. The van der Waals surface area contributed by atoms with Gasteiger partial charge >= 0.3 is 0 Å². The zero-order valence-electron chi connectivity index (χ0n) is 15.5. The monoisotopic (exact) mass is 362 g/mol. The molecule has 7 nitrogen and oxygen atoms in total. The first-order chi connectivity index (χ1) is 13.2. The topological polar surface area (TPSA) is 77.1 Å². The van der Waals surface area contributed by atoms with E-state index in [1.54, 1.807) is 16.9 Å². The highest BCUT2D eigenvalue weighted by atomic mass is 16.2. The van der Waals surface area contributed by atoms with Gasteiger partial charge in [-0.15, -0.1) is 0 Å². The number of rotatable bonds is 6. The predicted octanol–water partition coefficient (Wildman–Crippen LogP) is 2.91. The van der Waals surface area contributed by atoms with E-state index >= 15 is 0 Å². The lowest BCUT2D eigenvalue weighted by atomic mass is 10.1. The van der Waals surface area contributed by atoms with Crippen LogP contribution in [-0.4, -0.2) is 30.1 Å². The highest BCUT2D eigenvalue weighted by molar-refractivity contribution is 5.84. The zero-order valence-corrected chi connectivity index (χ0v) is 15.5. The first kappa shape index (κ1) is 17.2. The van der Waals surface area contributed by atoms with E-state index in [1.807, 2.05) is 43.5 Å². The van der Waals surface area contributed by atoms with Crippen molar-refractivity contribution in [1.29, 1.82) is 0 Å². The summed E-state index contributed by atoms with van der Waals surface area (Å²) in [5.41, 5.74) is 3.57. The third kappa shape index (κ3) is 3.05. The van der Waals surface area contributed by atoms with Gasteiger partial charge in [0.2, 0.25) is 5.91 Å². The Balaban J connectivity index is 1.60. The summed E-state index contributed by atoms with van der Waals surface area (Å²) < 4.78 is 3.77. The number of fused-ring (bicyclic) bond motifs is 2. The van der Waals surface area contributed by atoms with Crippen LogP contribution in [-0.2, 0) is 17.8 Å². The van der Waals surface area contributed by atoms with E-state index in [0.717, 1.165) is 34.5 Å². The van der Waals surface area contributed by atoms with Gasteiger partial charge in [0.15, 0.2) is 5.65 Å². The molecular formula is C20H22N6O. The third-order valence-corrected chi connectivity index (χ3v) is 4.79. The van der Waals surface area contributed by atoms with Crippen LogP contribution in [0.3, 0.4) is 0 Å². The van der Waals surface area contributed by atoms with Crippen LogP contribution in [0.2, 0.25) is 0 Å². The molecule has 0 spiro atoms. The Bertz CT molecular complexity index is 1100. The number of benzene rings is 1. The summed E-state index contributed by atoms with van der Waals surface area (Å²) in [7, 11) is 0. The number of amides is 1. The lowest BCUT2D eigenvalue weighted by molar-refractivity contribution is -0.124. The minimum absolute atomic E-state index is 0.0226. The quantitative estimate of drug-likeness (QED) is 0.572. The molecular weight excluding hydrogens is 340 g/mol. The van der Waals surface area contributed by atoms with Crippen molar-refractivity contribution in [2.45, 2.75) is 39.3 Å². The van der Waals surface area contributed by atoms with Crippen LogP contribution in [0.15, 0.2) is 48.9 Å². The summed E-state index contributed by atoms with van der Waals surface area (Å²) in [5, 5.41) is 7.32. The van der Waals surface area contributed by atoms with Crippen LogP contribution in [0.1, 0.15) is 37.7 Å². The highest BCUT2D eigenvalue weighted by Gasteiger charge is 2.23. The van der Waals surface area contributed by atoms with Crippen molar-refractivity contribution in [3.05, 3.63) is 60.3 Å². The van der Waals surface area contributed by atoms with E-state index in [-0.39, 0.29) is 11.9 Å². The predicted molar refractivity (Wildman–Crippen MR) is 103 cm³/mol. The number of carbonyl (C=O) groups excluding carboxylic acids is 1. The first-order valence-corrected chi connectivity index (χ1v) is 9.23. The number of aromatic nitrogens is 5. The van der Waals surface area contributed by atoms with Crippen LogP contribution in [0.5, 0.6) is 0 Å². The number of carbonyl (C=O) groups is 1. The van der Waals surface area contributed by atoms with Gasteiger partial charge in [-0.2, -0.15) is 5.10 Å². The number of hydrogen-bond acceptors (Lipinski definition) is 4. The standard InChI is InChI=1S/C20H22N6O/c1-3-16(26-17-9-6-5-8-15(17)24-18(26)4-2)20(27)22-12-14-13-23-25-11-7-10-21-19(14)25/h5-11,13,16H,3-4,12H2,1-2H3,(H,22,27). The van der Waals surface area contributed by atoms with Gasteiger partial charge in [-0.3, -0.25) is 4.79 Å². The second-order valence-electron chi connectivity index (χ2n) is 6.44. The van der Waals surface area contributed by atoms with Gasteiger partial charge in [-0.25, -0.2) is 14.5 Å². The number of imidazole rings is 1. The van der Waals surface area contributed by atoms with Crippen molar-refractivity contribution in [3.8, 4) is 0 Å². The second-order valence-corrected chi connectivity index (χ2v) is 6.44. The lowest BCUT2D eigenvalue weighted by Crippen LogP contribution is -2.32. The molecule has 0 saturated carbocycles. The maximum Gasteiger partial charge on any atom is 0.243 e. The fourth-order valence-electron chi connectivity index (χ4n) is 3.48. The molecule has 1 aromatic carbocycles. The molecule has 7 heteroatoms. The van der Waals surface area contributed by atoms with Crippen LogP contribution in [0, 0.1) is 0 Å². The van der Waals surface area contributed by atoms with Crippen LogP contribution in [0.25, 0.3) is 16.7 Å².